The van der Waals surface area contributed by atoms with Crippen LogP contribution >= 0.6 is 10.6 Å². The van der Waals surface area contributed by atoms with Gasteiger partial charge in [0.15, 0.2) is 0 Å². The third-order valence-corrected chi connectivity index (χ3v) is 20.9. The first-order valence-electron chi connectivity index (χ1n) is 21.0. The highest BCUT2D eigenvalue weighted by molar-refractivity contribution is 8.25. The fourth-order valence-corrected chi connectivity index (χ4v) is 17.8. The number of carboxylic acids is 1. The largest absolute Gasteiger partial charge is 0.481 e. The maximum Gasteiger partial charge on any atom is 0.312 e. The summed E-state index contributed by atoms with van der Waals surface area (Å²) in [6.45, 7) is 21.9. The number of carboxylic acid groups (broad SMARTS) is 1. The minimum atomic E-state index is -2.37. The number of aliphatic carboxylic acids is 1. The van der Waals surface area contributed by atoms with E-state index in [9.17, 15) is 23.4 Å². The molecule has 0 aromatic carbocycles. The fourth-order valence-electron chi connectivity index (χ4n) is 15.6. The van der Waals surface area contributed by atoms with Crippen LogP contribution in [0.4, 0.5) is 4.39 Å². The Bertz CT molecular complexity index is 1560. The quantitative estimate of drug-likeness (QED) is 0.185. The highest BCUT2D eigenvalue weighted by Crippen LogP contribution is 2.76. The van der Waals surface area contributed by atoms with Gasteiger partial charge in [-0.15, -0.1) is 0 Å². The molecule has 2 bridgehead atoms. The third kappa shape index (κ3) is 5.18. The predicted molar refractivity (Wildman–Crippen MR) is 210 cm³/mol. The van der Waals surface area contributed by atoms with Crippen LogP contribution in [0.1, 0.15) is 125 Å². The Morgan fingerprint density at radius 3 is 2.37 bits per heavy atom. The molecule has 6 fully saturated rings. The van der Waals surface area contributed by atoms with E-state index >= 15 is 0 Å². The number of nitrogens with one attached hydrogen (secondary N) is 1. The average Bonchev–Trinajstić information content (AvgIpc) is 3.75. The number of halogens is 1. The van der Waals surface area contributed by atoms with Gasteiger partial charge in [0.1, 0.15) is 6.67 Å². The van der Waals surface area contributed by atoms with Gasteiger partial charge in [0.2, 0.25) is 0 Å². The van der Waals surface area contributed by atoms with Crippen molar-refractivity contribution >= 4 is 16.6 Å². The highest BCUT2D eigenvalue weighted by Gasteiger charge is 2.70. The van der Waals surface area contributed by atoms with Gasteiger partial charge in [-0.1, -0.05) is 58.9 Å². The fraction of sp³-hybridized carbons (Fsp3) is 0.841. The second-order valence-electron chi connectivity index (χ2n) is 20.9. The van der Waals surface area contributed by atoms with Gasteiger partial charge in [0.05, 0.1) is 16.4 Å². The van der Waals surface area contributed by atoms with Crippen molar-refractivity contribution in [1.82, 2.24) is 10.2 Å². The van der Waals surface area contributed by atoms with Gasteiger partial charge in [0.25, 0.3) is 0 Å². The van der Waals surface area contributed by atoms with E-state index in [0.29, 0.717) is 60.6 Å². The van der Waals surface area contributed by atoms with Crippen molar-refractivity contribution in [2.75, 3.05) is 32.1 Å². The molecule has 2 aliphatic heterocycles. The number of likely N-dealkylation sites (tertiary alicyclic amines) is 1. The number of alkyl halides is 1. The topological polar surface area (TPSA) is 93.0 Å². The molecule has 4 saturated carbocycles. The summed E-state index contributed by atoms with van der Waals surface area (Å²) >= 11 is 0. The van der Waals surface area contributed by atoms with Crippen LogP contribution in [0.3, 0.4) is 0 Å². The van der Waals surface area contributed by atoms with Crippen LogP contribution in [-0.4, -0.2) is 74.0 Å². The number of allylic oxidation sites excluding steroid dienone is 5. The molecule has 0 spiro atoms. The third-order valence-electron chi connectivity index (χ3n) is 18.6. The van der Waals surface area contributed by atoms with Gasteiger partial charge in [-0.25, -0.2) is 4.39 Å². The molecule has 0 amide bonds. The van der Waals surface area contributed by atoms with Crippen molar-refractivity contribution in [2.45, 2.75) is 142 Å². The van der Waals surface area contributed by atoms with Crippen molar-refractivity contribution in [3.63, 3.8) is 0 Å². The number of hydrogen-bond donors (Lipinski definition) is 4. The van der Waals surface area contributed by atoms with Crippen molar-refractivity contribution < 1.29 is 23.4 Å². The van der Waals surface area contributed by atoms with Gasteiger partial charge in [-0.05, 0) is 153 Å². The molecule has 12 atom stereocenters. The summed E-state index contributed by atoms with van der Waals surface area (Å²) in [4.78, 5) is 14.5. The zero-order valence-corrected chi connectivity index (χ0v) is 33.9. The SMILES string of the molecule is C=C(C)[C@@H]1CC[C@]2(NCCN3C[C@@H]4C[C@H]3CS4(O)O)CC[C@]3(C)[C@H](CC[C@@H]4[C@@]5(C)CC=C(C6=CC[C@](CF)(C(=O)O)CC6)C(C)(C)[C@@H]5CC[C@]43C)[C@@H]12. The molecule has 0 unspecified atom stereocenters. The summed E-state index contributed by atoms with van der Waals surface area (Å²) in [5, 5.41) is 14.2. The molecule has 6 aliphatic carbocycles. The molecule has 0 radical (unpaired) electrons. The summed E-state index contributed by atoms with van der Waals surface area (Å²) in [6, 6.07) is 0.339. The molecule has 6 nitrogen and oxygen atoms in total. The predicted octanol–water partition coefficient (Wildman–Crippen LogP) is 9.88. The Hall–Kier alpha value is -1.19. The molecule has 292 valence electrons. The van der Waals surface area contributed by atoms with Crippen molar-refractivity contribution in [2.24, 2.45) is 56.7 Å². The van der Waals surface area contributed by atoms with Crippen molar-refractivity contribution in [3.05, 3.63) is 35.5 Å². The number of hydrogen-bond acceptors (Lipinski definition) is 5. The molecule has 0 aromatic rings. The van der Waals surface area contributed by atoms with Gasteiger partial charge in [0, 0.05) is 31.2 Å². The smallest absolute Gasteiger partial charge is 0.312 e. The number of fused-ring (bicyclic) bond motifs is 9. The first-order valence-corrected chi connectivity index (χ1v) is 22.7. The van der Waals surface area contributed by atoms with Gasteiger partial charge in [-0.3, -0.25) is 18.8 Å². The molecule has 4 N–H and O–H groups in total. The summed E-state index contributed by atoms with van der Waals surface area (Å²) in [6.07, 6.45) is 18.1. The van der Waals surface area contributed by atoms with Crippen molar-refractivity contribution in [3.8, 4) is 0 Å². The van der Waals surface area contributed by atoms with Crippen LogP contribution in [-0.2, 0) is 4.79 Å². The summed E-state index contributed by atoms with van der Waals surface area (Å²) in [5.74, 6) is 2.66. The summed E-state index contributed by atoms with van der Waals surface area (Å²) in [5.41, 5.74) is 3.71. The average molecular weight is 741 g/mol. The number of nitrogens with zero attached hydrogens (tertiary/aromatic N) is 1. The molecule has 8 heteroatoms. The highest BCUT2D eigenvalue weighted by atomic mass is 32.3. The normalized spacial score (nSPS) is 49.5. The Morgan fingerprint density at radius 2 is 1.75 bits per heavy atom. The Balaban J connectivity index is 1.03. The van der Waals surface area contributed by atoms with Crippen LogP contribution in [0, 0.1) is 56.7 Å². The standard InChI is InChI=1S/C44H69FN2O4S/c1-28(2)32-12-19-44(46-22-23-47-25-31-24-30(47)26-52(31,50)51)21-20-41(6)34(37(32)44)8-9-36-40(5)15-13-33(39(3,4)35(40)14-16-42(36,41)7)29-10-17-43(27-45,18-11-29)38(48)49/h10,13,30-32,34-37,46,50-51H,1,8-9,11-12,14-27H2,2-7H3,(H,48,49)/t30-,31-,32-,34+,35-,36+,37+,40-,41+,42+,43-,44-/m0/s1. The molecular formula is C44H69FN2O4S. The minimum Gasteiger partial charge on any atom is -0.481 e. The lowest BCUT2D eigenvalue weighted by atomic mass is 9.33. The van der Waals surface area contributed by atoms with E-state index in [4.69, 9.17) is 0 Å². The second kappa shape index (κ2) is 12.4. The number of carbonyl (C=O) groups is 1. The molecule has 2 heterocycles. The van der Waals surface area contributed by atoms with Crippen LogP contribution in [0.25, 0.3) is 0 Å². The van der Waals surface area contributed by atoms with E-state index in [-0.39, 0.29) is 32.4 Å². The lowest BCUT2D eigenvalue weighted by Crippen LogP contribution is -2.68. The first-order chi connectivity index (χ1) is 24.4. The van der Waals surface area contributed by atoms with Gasteiger partial charge in [-0.2, -0.15) is 10.6 Å². The van der Waals surface area contributed by atoms with E-state index in [1.807, 2.05) is 0 Å². The molecule has 8 rings (SSSR count). The molecule has 52 heavy (non-hydrogen) atoms. The second-order valence-corrected chi connectivity index (χ2v) is 23.3. The van der Waals surface area contributed by atoms with E-state index in [1.54, 1.807) is 0 Å². The van der Waals surface area contributed by atoms with E-state index in [0.717, 1.165) is 32.5 Å². The maximum atomic E-state index is 14.0. The van der Waals surface area contributed by atoms with Crippen LogP contribution < -0.4 is 5.32 Å². The molecular weight excluding hydrogens is 672 g/mol. The minimum absolute atomic E-state index is 0.00893. The number of rotatable bonds is 8. The van der Waals surface area contributed by atoms with Crippen LogP contribution in [0.5, 0.6) is 0 Å². The van der Waals surface area contributed by atoms with E-state index in [2.05, 4.69) is 70.5 Å². The maximum absolute atomic E-state index is 14.0. The Morgan fingerprint density at radius 1 is 0.981 bits per heavy atom. The Kier molecular flexibility index (Phi) is 9.00. The van der Waals surface area contributed by atoms with Crippen LogP contribution in [0.2, 0.25) is 0 Å². The van der Waals surface area contributed by atoms with Gasteiger partial charge < -0.3 is 10.4 Å². The molecule has 2 saturated heterocycles. The van der Waals surface area contributed by atoms with E-state index < -0.39 is 28.6 Å². The monoisotopic (exact) mass is 740 g/mol. The van der Waals surface area contributed by atoms with Crippen LogP contribution in [0.15, 0.2) is 35.5 Å². The molecule has 0 aromatic heterocycles. The van der Waals surface area contributed by atoms with Crippen molar-refractivity contribution in [1.29, 1.82) is 0 Å². The molecule has 8 aliphatic rings. The van der Waals surface area contributed by atoms with E-state index in [1.165, 1.54) is 68.1 Å². The summed E-state index contributed by atoms with van der Waals surface area (Å²) < 4.78 is 34.9. The zero-order valence-electron chi connectivity index (χ0n) is 33.1. The summed E-state index contributed by atoms with van der Waals surface area (Å²) in [7, 11) is -2.37. The lowest BCUT2D eigenvalue weighted by Gasteiger charge is -2.72. The Labute approximate surface area is 315 Å². The first kappa shape index (κ1) is 37.7. The lowest BCUT2D eigenvalue weighted by molar-refractivity contribution is -0.221. The van der Waals surface area contributed by atoms with Gasteiger partial charge >= 0.3 is 5.97 Å². The zero-order chi connectivity index (χ0) is 37.3.